The monoisotopic (exact) mass is 463 g/mol. The van der Waals surface area contributed by atoms with Gasteiger partial charge in [-0.25, -0.2) is 28.4 Å². The molecule has 0 radical (unpaired) electrons. The molecule has 1 saturated carbocycles. The Kier molecular flexibility index (Phi) is 5.89. The van der Waals surface area contributed by atoms with Crippen molar-refractivity contribution in [3.05, 3.63) is 40.1 Å². The van der Waals surface area contributed by atoms with Crippen molar-refractivity contribution in [3.63, 3.8) is 0 Å². The average Bonchev–Trinajstić information content (AvgIpc) is 2.71. The van der Waals surface area contributed by atoms with Gasteiger partial charge in [0.2, 0.25) is 5.28 Å². The van der Waals surface area contributed by atoms with Gasteiger partial charge in [0.05, 0.1) is 18.5 Å². The van der Waals surface area contributed by atoms with Crippen LogP contribution in [0.5, 0.6) is 0 Å². The highest BCUT2D eigenvalue weighted by atomic mass is 35.5. The van der Waals surface area contributed by atoms with E-state index in [-0.39, 0.29) is 39.9 Å². The zero-order valence-corrected chi connectivity index (χ0v) is 18.7. The zero-order valence-electron chi connectivity index (χ0n) is 17.1. The molecule has 0 saturated heterocycles. The zero-order chi connectivity index (χ0) is 22.2. The Morgan fingerprint density at radius 2 is 1.90 bits per heavy atom. The summed E-state index contributed by atoms with van der Waals surface area (Å²) in [5, 5.41) is 3.03. The van der Waals surface area contributed by atoms with Gasteiger partial charge in [-0.1, -0.05) is 13.3 Å². The SMILES string of the molecule is CCS(=O)(=O)c1cnc(CNc2nc3cnc(Cl)nc3n([C@H](C)C3CCC3)c2=O)nc1. The van der Waals surface area contributed by atoms with Gasteiger partial charge in [0, 0.05) is 18.4 Å². The fourth-order valence-electron chi connectivity index (χ4n) is 3.53. The molecule has 0 aromatic carbocycles. The van der Waals surface area contributed by atoms with Crippen molar-refractivity contribution in [1.82, 2.24) is 29.5 Å². The molecule has 164 valence electrons. The van der Waals surface area contributed by atoms with Gasteiger partial charge >= 0.3 is 0 Å². The fourth-order valence-corrected chi connectivity index (χ4v) is 4.42. The molecule has 0 aliphatic heterocycles. The van der Waals surface area contributed by atoms with Crippen LogP contribution < -0.4 is 10.9 Å². The van der Waals surface area contributed by atoms with E-state index in [9.17, 15) is 13.2 Å². The highest BCUT2D eigenvalue weighted by molar-refractivity contribution is 7.91. The lowest BCUT2D eigenvalue weighted by atomic mass is 9.80. The Morgan fingerprint density at radius 3 is 2.52 bits per heavy atom. The van der Waals surface area contributed by atoms with Crippen molar-refractivity contribution < 1.29 is 8.42 Å². The van der Waals surface area contributed by atoms with Crippen LogP contribution in [0.15, 0.2) is 28.3 Å². The van der Waals surface area contributed by atoms with Gasteiger partial charge < -0.3 is 5.32 Å². The predicted octanol–water partition coefficient (Wildman–Crippen LogP) is 2.40. The third-order valence-electron chi connectivity index (χ3n) is 5.68. The van der Waals surface area contributed by atoms with Crippen LogP contribution in [0.25, 0.3) is 11.2 Å². The normalized spacial score (nSPS) is 15.6. The Bertz CT molecular complexity index is 1270. The molecule has 4 rings (SSSR count). The summed E-state index contributed by atoms with van der Waals surface area (Å²) < 4.78 is 25.4. The van der Waals surface area contributed by atoms with E-state index in [1.807, 2.05) is 6.92 Å². The number of hydrogen-bond acceptors (Lipinski definition) is 9. The third-order valence-corrected chi connectivity index (χ3v) is 7.55. The number of hydrogen-bond donors (Lipinski definition) is 1. The molecule has 10 nitrogen and oxygen atoms in total. The van der Waals surface area contributed by atoms with Crippen molar-refractivity contribution in [2.45, 2.75) is 50.6 Å². The molecule has 0 bridgehead atoms. The molecule has 0 amide bonds. The van der Waals surface area contributed by atoms with Crippen molar-refractivity contribution in [2.24, 2.45) is 5.92 Å². The second kappa shape index (κ2) is 8.46. The second-order valence-corrected chi connectivity index (χ2v) is 10.1. The number of rotatable bonds is 7. The molecule has 0 unspecified atom stereocenters. The molecule has 0 spiro atoms. The van der Waals surface area contributed by atoms with Crippen LogP contribution in [0.4, 0.5) is 5.82 Å². The molecular weight excluding hydrogens is 442 g/mol. The first-order valence-corrected chi connectivity index (χ1v) is 12.1. The number of aromatic nitrogens is 6. The minimum absolute atomic E-state index is 0.0280. The van der Waals surface area contributed by atoms with Crippen molar-refractivity contribution in [3.8, 4) is 0 Å². The highest BCUT2D eigenvalue weighted by Gasteiger charge is 2.28. The number of anilines is 1. The van der Waals surface area contributed by atoms with E-state index in [1.165, 1.54) is 18.6 Å². The van der Waals surface area contributed by atoms with Gasteiger partial charge in [0.15, 0.2) is 21.3 Å². The smallest absolute Gasteiger partial charge is 0.295 e. The fraction of sp³-hybridized carbons (Fsp3) is 0.474. The Balaban J connectivity index is 1.66. The van der Waals surface area contributed by atoms with E-state index >= 15 is 0 Å². The van der Waals surface area contributed by atoms with Crippen LogP contribution in [0.2, 0.25) is 5.28 Å². The lowest BCUT2D eigenvalue weighted by molar-refractivity contribution is 0.222. The molecule has 3 aromatic rings. The maximum absolute atomic E-state index is 13.2. The lowest BCUT2D eigenvalue weighted by Gasteiger charge is -2.33. The number of sulfone groups is 1. The summed E-state index contributed by atoms with van der Waals surface area (Å²) in [6, 6.07) is -0.0620. The molecule has 31 heavy (non-hydrogen) atoms. The minimum atomic E-state index is -3.37. The summed E-state index contributed by atoms with van der Waals surface area (Å²) in [5.41, 5.74) is 0.537. The first kappa shape index (κ1) is 21.6. The van der Waals surface area contributed by atoms with Crippen molar-refractivity contribution in [1.29, 1.82) is 0 Å². The molecule has 12 heteroatoms. The van der Waals surface area contributed by atoms with Gasteiger partial charge in [0.25, 0.3) is 5.56 Å². The number of nitrogens with one attached hydrogen (secondary N) is 1. The molecule has 1 N–H and O–H groups in total. The lowest BCUT2D eigenvalue weighted by Crippen LogP contribution is -2.33. The van der Waals surface area contributed by atoms with Gasteiger partial charge in [0.1, 0.15) is 16.2 Å². The van der Waals surface area contributed by atoms with Gasteiger partial charge in [-0.05, 0) is 37.3 Å². The van der Waals surface area contributed by atoms with E-state index in [0.717, 1.165) is 19.3 Å². The van der Waals surface area contributed by atoms with Crippen LogP contribution in [0.3, 0.4) is 0 Å². The van der Waals surface area contributed by atoms with Gasteiger partial charge in [-0.15, -0.1) is 0 Å². The quantitative estimate of drug-likeness (QED) is 0.524. The maximum Gasteiger partial charge on any atom is 0.295 e. The molecule has 3 heterocycles. The molecular formula is C19H22ClN7O3S. The van der Waals surface area contributed by atoms with E-state index in [4.69, 9.17) is 11.6 Å². The van der Waals surface area contributed by atoms with Crippen LogP contribution >= 0.6 is 11.6 Å². The first-order valence-electron chi connectivity index (χ1n) is 10.0. The Morgan fingerprint density at radius 1 is 1.19 bits per heavy atom. The number of halogens is 1. The van der Waals surface area contributed by atoms with Crippen LogP contribution in [0.1, 0.15) is 45.0 Å². The summed E-state index contributed by atoms with van der Waals surface area (Å²) in [4.78, 5) is 34.1. The molecule has 1 fully saturated rings. The third kappa shape index (κ3) is 4.24. The minimum Gasteiger partial charge on any atom is -0.358 e. The highest BCUT2D eigenvalue weighted by Crippen LogP contribution is 2.36. The molecule has 1 aliphatic rings. The maximum atomic E-state index is 13.2. The van der Waals surface area contributed by atoms with Crippen LogP contribution in [-0.4, -0.2) is 43.7 Å². The average molecular weight is 464 g/mol. The van der Waals surface area contributed by atoms with E-state index in [2.05, 4.69) is 30.2 Å². The summed E-state index contributed by atoms with van der Waals surface area (Å²) in [5.74, 6) is 0.821. The number of fused-ring (bicyclic) bond motifs is 1. The number of nitrogens with zero attached hydrogens (tertiary/aromatic N) is 6. The van der Waals surface area contributed by atoms with Crippen LogP contribution in [0, 0.1) is 5.92 Å². The summed E-state index contributed by atoms with van der Waals surface area (Å²) in [6.07, 6.45) is 7.28. The first-order chi connectivity index (χ1) is 14.8. The topological polar surface area (TPSA) is 133 Å². The summed E-state index contributed by atoms with van der Waals surface area (Å²) in [7, 11) is -3.37. The van der Waals surface area contributed by atoms with Gasteiger partial charge in [-0.2, -0.15) is 4.98 Å². The van der Waals surface area contributed by atoms with Crippen LogP contribution in [-0.2, 0) is 16.4 Å². The van der Waals surface area contributed by atoms with Crippen molar-refractivity contribution >= 4 is 38.4 Å². The van der Waals surface area contributed by atoms with Crippen molar-refractivity contribution in [2.75, 3.05) is 11.1 Å². The van der Waals surface area contributed by atoms with E-state index < -0.39 is 9.84 Å². The molecule has 1 aliphatic carbocycles. The predicted molar refractivity (Wildman–Crippen MR) is 116 cm³/mol. The summed E-state index contributed by atoms with van der Waals surface area (Å²) >= 11 is 5.97. The van der Waals surface area contributed by atoms with E-state index in [0.29, 0.717) is 22.9 Å². The van der Waals surface area contributed by atoms with E-state index in [1.54, 1.807) is 11.5 Å². The van der Waals surface area contributed by atoms with Gasteiger partial charge in [-0.3, -0.25) is 9.36 Å². The standard InChI is InChI=1S/C19H22ClN7O3S/c1-3-31(29,30)13-7-21-15(22-8-13)10-23-16-18(28)27(11(2)12-5-4-6-12)17-14(25-16)9-24-19(20)26-17/h7-9,11-12H,3-6,10H2,1-2H3,(H,23,25)/t11-/m1/s1. The Labute approximate surface area is 184 Å². The molecule has 1 atom stereocenters. The summed E-state index contributed by atoms with van der Waals surface area (Å²) in [6.45, 7) is 3.66. The second-order valence-electron chi connectivity index (χ2n) is 7.51. The largest absolute Gasteiger partial charge is 0.358 e. The Hall–Kier alpha value is -2.66. The molecule has 3 aromatic heterocycles.